The number of hydrogen-bond acceptors (Lipinski definition) is 6. The Labute approximate surface area is 222 Å². The lowest BCUT2D eigenvalue weighted by Gasteiger charge is -2.33. The zero-order valence-corrected chi connectivity index (χ0v) is 23.7. The molecular formula is C28H44N4O4S. The van der Waals surface area contributed by atoms with E-state index in [0.29, 0.717) is 18.0 Å². The fourth-order valence-corrected chi connectivity index (χ4v) is 6.25. The minimum absolute atomic E-state index is 0.0624. The van der Waals surface area contributed by atoms with Gasteiger partial charge in [0.05, 0.1) is 28.8 Å². The molecule has 1 heterocycles. The lowest BCUT2D eigenvalue weighted by Crippen LogP contribution is -2.52. The predicted octanol–water partition coefficient (Wildman–Crippen LogP) is 3.81. The summed E-state index contributed by atoms with van der Waals surface area (Å²) in [6.07, 6.45) is 9.61. The first-order valence-electron chi connectivity index (χ1n) is 13.4. The third-order valence-electron chi connectivity index (χ3n) is 7.21. The van der Waals surface area contributed by atoms with E-state index >= 15 is 0 Å². The van der Waals surface area contributed by atoms with Gasteiger partial charge in [-0.05, 0) is 50.3 Å². The quantitative estimate of drug-likeness (QED) is 0.406. The van der Waals surface area contributed by atoms with Crippen molar-refractivity contribution in [1.82, 2.24) is 19.6 Å². The number of carbonyl (C=O) groups excluding carboxylic acids is 1. The van der Waals surface area contributed by atoms with Crippen LogP contribution in [0.3, 0.4) is 0 Å². The second-order valence-corrected chi connectivity index (χ2v) is 13.6. The van der Waals surface area contributed by atoms with Crippen molar-refractivity contribution in [3.63, 3.8) is 0 Å². The molecule has 1 amide bonds. The molecule has 3 atom stereocenters. The maximum Gasteiger partial charge on any atom is 0.268 e. The summed E-state index contributed by atoms with van der Waals surface area (Å²) >= 11 is 0. The van der Waals surface area contributed by atoms with Crippen molar-refractivity contribution in [2.24, 2.45) is 11.3 Å². The first-order valence-corrected chi connectivity index (χ1v) is 14.8. The Morgan fingerprint density at radius 1 is 1.16 bits per heavy atom. The number of likely N-dealkylation sites (N-methyl/N-ethyl adjacent to an activating group) is 1. The van der Waals surface area contributed by atoms with E-state index in [1.807, 2.05) is 6.92 Å². The summed E-state index contributed by atoms with van der Waals surface area (Å²) < 4.78 is 27.0. The number of amides is 1. The van der Waals surface area contributed by atoms with Crippen LogP contribution in [-0.4, -0.2) is 53.6 Å². The Hall–Kier alpha value is -2.23. The Bertz CT molecular complexity index is 1120. The second kappa shape index (κ2) is 12.5. The number of nitrogens with zero attached hydrogens (tertiary/aromatic N) is 2. The lowest BCUT2D eigenvalue weighted by molar-refractivity contribution is -0.125. The minimum Gasteiger partial charge on any atom is -0.391 e. The molecule has 1 aliphatic rings. The third kappa shape index (κ3) is 8.38. The summed E-state index contributed by atoms with van der Waals surface area (Å²) in [5, 5.41) is 17.2. The van der Waals surface area contributed by atoms with Crippen molar-refractivity contribution in [2.75, 3.05) is 7.05 Å². The van der Waals surface area contributed by atoms with Crippen LogP contribution >= 0.6 is 0 Å². The molecule has 0 bridgehead atoms. The van der Waals surface area contributed by atoms with Gasteiger partial charge in [-0.1, -0.05) is 70.6 Å². The second-order valence-electron chi connectivity index (χ2n) is 11.7. The van der Waals surface area contributed by atoms with Crippen molar-refractivity contribution < 1.29 is 18.3 Å². The van der Waals surface area contributed by atoms with E-state index < -0.39 is 22.2 Å². The molecule has 3 N–H and O–H groups in total. The van der Waals surface area contributed by atoms with Gasteiger partial charge in [-0.15, -0.1) is 0 Å². The molecule has 206 valence electrons. The van der Waals surface area contributed by atoms with Crippen molar-refractivity contribution in [3.05, 3.63) is 48.0 Å². The molecular weight excluding hydrogens is 488 g/mol. The number of aliphatic hydroxyl groups excluding tert-OH is 1. The highest BCUT2D eigenvalue weighted by molar-refractivity contribution is 7.90. The van der Waals surface area contributed by atoms with Gasteiger partial charge in [0, 0.05) is 12.6 Å². The van der Waals surface area contributed by atoms with Gasteiger partial charge >= 0.3 is 0 Å². The fraction of sp³-hybridized carbons (Fsp3) is 0.643. The van der Waals surface area contributed by atoms with Gasteiger partial charge in [-0.25, -0.2) is 17.4 Å². The zero-order chi connectivity index (χ0) is 27.2. The highest BCUT2D eigenvalue weighted by Gasteiger charge is 2.31. The van der Waals surface area contributed by atoms with Crippen LogP contribution in [0.25, 0.3) is 0 Å². The van der Waals surface area contributed by atoms with Gasteiger partial charge in [0.2, 0.25) is 5.91 Å². The fourth-order valence-electron chi connectivity index (χ4n) is 5.10. The van der Waals surface area contributed by atoms with Gasteiger partial charge < -0.3 is 15.7 Å². The molecule has 0 radical (unpaired) electrons. The van der Waals surface area contributed by atoms with Gasteiger partial charge in [0.15, 0.2) is 0 Å². The van der Waals surface area contributed by atoms with Crippen LogP contribution in [-0.2, 0) is 21.2 Å². The van der Waals surface area contributed by atoms with Crippen molar-refractivity contribution >= 4 is 15.9 Å². The molecule has 8 nitrogen and oxygen atoms in total. The highest BCUT2D eigenvalue weighted by atomic mass is 32.2. The number of benzene rings is 1. The molecule has 1 fully saturated rings. The van der Waals surface area contributed by atoms with E-state index in [-0.39, 0.29) is 28.7 Å². The molecule has 0 unspecified atom stereocenters. The van der Waals surface area contributed by atoms with Crippen LogP contribution < -0.4 is 10.6 Å². The van der Waals surface area contributed by atoms with E-state index in [1.54, 1.807) is 31.3 Å². The van der Waals surface area contributed by atoms with Crippen molar-refractivity contribution in [2.45, 2.75) is 102 Å². The van der Waals surface area contributed by atoms with Gasteiger partial charge in [0.1, 0.15) is 6.33 Å². The number of nitrogens with one attached hydrogen (secondary N) is 2. The maximum atomic E-state index is 13.3. The number of aliphatic hydroxyl groups is 1. The first kappa shape index (κ1) is 29.3. The number of aryl methyl sites for hydroxylation is 1. The van der Waals surface area contributed by atoms with E-state index in [2.05, 4.69) is 36.4 Å². The number of rotatable bonds is 11. The van der Waals surface area contributed by atoms with Crippen LogP contribution in [0, 0.1) is 18.3 Å². The molecule has 9 heteroatoms. The molecule has 1 saturated carbocycles. The molecule has 37 heavy (non-hydrogen) atoms. The lowest BCUT2D eigenvalue weighted by atomic mass is 9.80. The monoisotopic (exact) mass is 532 g/mol. The van der Waals surface area contributed by atoms with Crippen LogP contribution in [0.5, 0.6) is 0 Å². The van der Waals surface area contributed by atoms with E-state index in [4.69, 9.17) is 0 Å². The Morgan fingerprint density at radius 3 is 2.41 bits per heavy atom. The van der Waals surface area contributed by atoms with Crippen molar-refractivity contribution in [1.29, 1.82) is 0 Å². The summed E-state index contributed by atoms with van der Waals surface area (Å²) in [6, 6.07) is 5.72. The molecule has 1 aromatic heterocycles. The van der Waals surface area contributed by atoms with Crippen LogP contribution in [0.1, 0.15) is 77.0 Å². The van der Waals surface area contributed by atoms with Gasteiger partial charge in [-0.2, -0.15) is 0 Å². The van der Waals surface area contributed by atoms with Crippen molar-refractivity contribution in [3.8, 4) is 0 Å². The minimum atomic E-state index is -3.76. The number of imidazole rings is 1. The average Bonchev–Trinajstić information content (AvgIpc) is 3.31. The number of hydrogen-bond donors (Lipinski definition) is 3. The number of aromatic nitrogens is 2. The summed E-state index contributed by atoms with van der Waals surface area (Å²) in [5.74, 6) is 0.289. The topological polar surface area (TPSA) is 113 Å². The highest BCUT2D eigenvalue weighted by Crippen LogP contribution is 2.30. The van der Waals surface area contributed by atoms with Gasteiger partial charge in [-0.3, -0.25) is 4.79 Å². The Kier molecular flexibility index (Phi) is 9.94. The van der Waals surface area contributed by atoms with E-state index in [1.165, 1.54) is 31.8 Å². The molecule has 3 rings (SSSR count). The smallest absolute Gasteiger partial charge is 0.268 e. The normalized spacial score (nSPS) is 17.8. The van der Waals surface area contributed by atoms with Crippen LogP contribution in [0.15, 0.2) is 41.7 Å². The van der Waals surface area contributed by atoms with Crippen LogP contribution in [0.2, 0.25) is 0 Å². The summed E-state index contributed by atoms with van der Waals surface area (Å²) in [5.41, 5.74) is 1.40. The Morgan fingerprint density at radius 2 is 1.81 bits per heavy atom. The molecule has 0 spiro atoms. The molecule has 1 aromatic carbocycles. The molecule has 2 aromatic rings. The average molecular weight is 533 g/mol. The predicted molar refractivity (Wildman–Crippen MR) is 146 cm³/mol. The summed E-state index contributed by atoms with van der Waals surface area (Å²) in [7, 11) is -2.06. The summed E-state index contributed by atoms with van der Waals surface area (Å²) in [6.45, 7) is 8.17. The molecule has 1 aliphatic carbocycles. The van der Waals surface area contributed by atoms with Crippen LogP contribution in [0.4, 0.5) is 0 Å². The molecule has 0 aliphatic heterocycles. The maximum absolute atomic E-state index is 13.3. The van der Waals surface area contributed by atoms with E-state index in [9.17, 15) is 18.3 Å². The standard InChI is InChI=1S/C28H44N4O4S/c1-20-11-13-23(14-12-20)37(35,36)32-18-22(30-19-32)16-25(29-5)27(34)31-24(26(33)17-28(2,3)4)15-21-9-7-6-8-10-21/h11-14,18-19,21,24-26,29,33H,6-10,15-17H2,1-5H3,(H,31,34)/t24-,25-,26-/m0/s1. The van der Waals surface area contributed by atoms with E-state index in [0.717, 1.165) is 28.8 Å². The molecule has 0 saturated heterocycles. The van der Waals surface area contributed by atoms with Gasteiger partial charge in [0.25, 0.3) is 10.0 Å². The zero-order valence-electron chi connectivity index (χ0n) is 22.9. The Balaban J connectivity index is 1.70. The first-order chi connectivity index (χ1) is 17.4. The largest absolute Gasteiger partial charge is 0.391 e. The number of carbonyl (C=O) groups is 1. The SMILES string of the molecule is CN[C@@H](Cc1cn(S(=O)(=O)c2ccc(C)cc2)cn1)C(=O)N[C@@H](CC1CCCCC1)[C@@H](O)CC(C)(C)C. The summed E-state index contributed by atoms with van der Waals surface area (Å²) in [4.78, 5) is 17.8. The third-order valence-corrected chi connectivity index (χ3v) is 8.84.